The van der Waals surface area contributed by atoms with E-state index in [1.807, 2.05) is 14.0 Å². The van der Waals surface area contributed by atoms with Gasteiger partial charge in [-0.2, -0.15) is 0 Å². The molecular weight excluding hydrogens is 244 g/mol. The van der Waals surface area contributed by atoms with Gasteiger partial charge >= 0.3 is 0 Å². The number of amides is 1. The van der Waals surface area contributed by atoms with Gasteiger partial charge in [-0.25, -0.2) is 0 Å². The van der Waals surface area contributed by atoms with Crippen LogP contribution < -0.4 is 5.73 Å². The summed E-state index contributed by atoms with van der Waals surface area (Å²) in [6.45, 7) is 2.00. The van der Waals surface area contributed by atoms with Crippen LogP contribution in [0.1, 0.15) is 58.3 Å². The lowest BCUT2D eigenvalue weighted by Crippen LogP contribution is -2.37. The number of thiocarbonyl (C=S) groups is 1. The second-order valence-electron chi connectivity index (χ2n) is 5.57. The molecule has 0 aliphatic heterocycles. The molecule has 1 atom stereocenters. The third kappa shape index (κ3) is 5.34. The minimum Gasteiger partial charge on any atom is -0.393 e. The van der Waals surface area contributed by atoms with E-state index in [-0.39, 0.29) is 11.9 Å². The molecule has 1 amide bonds. The molecule has 1 rings (SSSR count). The SMILES string of the molecule is CC(CC(N)=S)N(C)C(=O)CCC1CCCCC1. The van der Waals surface area contributed by atoms with Crippen LogP contribution in [0.4, 0.5) is 0 Å². The molecule has 4 heteroatoms. The number of nitrogens with two attached hydrogens (primary N) is 1. The van der Waals surface area contributed by atoms with E-state index >= 15 is 0 Å². The van der Waals surface area contributed by atoms with Crippen molar-refractivity contribution in [2.24, 2.45) is 11.7 Å². The average Bonchev–Trinajstić information content (AvgIpc) is 2.35. The Balaban J connectivity index is 2.28. The van der Waals surface area contributed by atoms with Crippen molar-refractivity contribution in [1.82, 2.24) is 4.90 Å². The van der Waals surface area contributed by atoms with Gasteiger partial charge in [0.1, 0.15) is 0 Å². The van der Waals surface area contributed by atoms with E-state index in [0.29, 0.717) is 17.8 Å². The maximum absolute atomic E-state index is 12.1. The molecule has 1 unspecified atom stereocenters. The molecule has 0 spiro atoms. The average molecular weight is 270 g/mol. The van der Waals surface area contributed by atoms with Crippen LogP contribution in [0.3, 0.4) is 0 Å². The highest BCUT2D eigenvalue weighted by molar-refractivity contribution is 7.80. The van der Waals surface area contributed by atoms with Gasteiger partial charge in [0.05, 0.1) is 4.99 Å². The number of carbonyl (C=O) groups excluding carboxylic acids is 1. The third-order valence-electron chi connectivity index (χ3n) is 4.04. The van der Waals surface area contributed by atoms with E-state index in [2.05, 4.69) is 0 Å². The van der Waals surface area contributed by atoms with E-state index in [9.17, 15) is 4.79 Å². The Morgan fingerprint density at radius 1 is 1.39 bits per heavy atom. The molecule has 0 aromatic rings. The molecule has 1 aliphatic carbocycles. The van der Waals surface area contributed by atoms with Crippen LogP contribution in [0.15, 0.2) is 0 Å². The number of rotatable bonds is 6. The van der Waals surface area contributed by atoms with E-state index in [4.69, 9.17) is 18.0 Å². The number of hydrogen-bond donors (Lipinski definition) is 1. The van der Waals surface area contributed by atoms with Crippen molar-refractivity contribution in [2.75, 3.05) is 7.05 Å². The molecule has 3 nitrogen and oxygen atoms in total. The normalized spacial score (nSPS) is 18.3. The number of hydrogen-bond acceptors (Lipinski definition) is 2. The number of nitrogens with zero attached hydrogens (tertiary/aromatic N) is 1. The lowest BCUT2D eigenvalue weighted by atomic mass is 9.86. The molecule has 2 N–H and O–H groups in total. The van der Waals surface area contributed by atoms with Crippen LogP contribution in [-0.2, 0) is 4.79 Å². The highest BCUT2D eigenvalue weighted by Crippen LogP contribution is 2.27. The first-order chi connectivity index (χ1) is 8.50. The zero-order valence-corrected chi connectivity index (χ0v) is 12.5. The van der Waals surface area contributed by atoms with Crippen molar-refractivity contribution in [3.05, 3.63) is 0 Å². The minimum atomic E-state index is 0.112. The third-order valence-corrected chi connectivity index (χ3v) is 4.21. The summed E-state index contributed by atoms with van der Waals surface area (Å²) in [5, 5.41) is 0. The molecule has 0 aromatic carbocycles. The fraction of sp³-hybridized carbons (Fsp3) is 0.857. The quantitative estimate of drug-likeness (QED) is 0.755. The minimum absolute atomic E-state index is 0.112. The first kappa shape index (κ1) is 15.4. The molecule has 1 aliphatic rings. The second kappa shape index (κ2) is 7.72. The zero-order valence-electron chi connectivity index (χ0n) is 11.7. The Morgan fingerprint density at radius 3 is 2.56 bits per heavy atom. The van der Waals surface area contributed by atoms with E-state index < -0.39 is 0 Å². The van der Waals surface area contributed by atoms with Crippen LogP contribution in [-0.4, -0.2) is 28.9 Å². The fourth-order valence-corrected chi connectivity index (χ4v) is 2.89. The van der Waals surface area contributed by atoms with Crippen molar-refractivity contribution >= 4 is 23.1 Å². The summed E-state index contributed by atoms with van der Waals surface area (Å²) in [5.41, 5.74) is 5.52. The monoisotopic (exact) mass is 270 g/mol. The molecule has 1 saturated carbocycles. The van der Waals surface area contributed by atoms with Gasteiger partial charge in [0.15, 0.2) is 0 Å². The second-order valence-corrected chi connectivity index (χ2v) is 6.09. The van der Waals surface area contributed by atoms with Gasteiger partial charge in [0, 0.05) is 25.9 Å². The molecule has 0 bridgehead atoms. The fourth-order valence-electron chi connectivity index (χ4n) is 2.65. The van der Waals surface area contributed by atoms with Gasteiger partial charge in [-0.1, -0.05) is 44.3 Å². The first-order valence-electron chi connectivity index (χ1n) is 7.04. The van der Waals surface area contributed by atoms with Crippen LogP contribution in [0.2, 0.25) is 0 Å². The Bertz CT molecular complexity index is 288. The summed E-state index contributed by atoms with van der Waals surface area (Å²) in [6.07, 6.45) is 8.99. The molecule has 0 aromatic heterocycles. The lowest BCUT2D eigenvalue weighted by molar-refractivity contribution is -0.131. The molecule has 18 heavy (non-hydrogen) atoms. The van der Waals surface area contributed by atoms with Gasteiger partial charge < -0.3 is 10.6 Å². The summed E-state index contributed by atoms with van der Waals surface area (Å²) in [6, 6.07) is 0.112. The van der Waals surface area contributed by atoms with E-state index in [1.54, 1.807) is 4.90 Å². The smallest absolute Gasteiger partial charge is 0.222 e. The lowest BCUT2D eigenvalue weighted by Gasteiger charge is -2.26. The van der Waals surface area contributed by atoms with Crippen molar-refractivity contribution < 1.29 is 4.79 Å². The van der Waals surface area contributed by atoms with Gasteiger partial charge in [-0.3, -0.25) is 4.79 Å². The van der Waals surface area contributed by atoms with Crippen molar-refractivity contribution in [3.8, 4) is 0 Å². The Kier molecular flexibility index (Phi) is 6.61. The summed E-state index contributed by atoms with van der Waals surface area (Å²) in [7, 11) is 1.85. The Labute approximate surface area is 116 Å². The largest absolute Gasteiger partial charge is 0.393 e. The topological polar surface area (TPSA) is 46.3 Å². The van der Waals surface area contributed by atoms with Crippen LogP contribution in [0, 0.1) is 5.92 Å². The van der Waals surface area contributed by atoms with E-state index in [1.165, 1.54) is 32.1 Å². The molecule has 1 fully saturated rings. The zero-order chi connectivity index (χ0) is 13.5. The molecule has 0 saturated heterocycles. The molecule has 0 radical (unpaired) electrons. The Morgan fingerprint density at radius 2 is 2.00 bits per heavy atom. The predicted molar refractivity (Wildman–Crippen MR) is 79.4 cm³/mol. The van der Waals surface area contributed by atoms with Gasteiger partial charge in [-0.15, -0.1) is 0 Å². The summed E-state index contributed by atoms with van der Waals surface area (Å²) >= 11 is 4.88. The maximum Gasteiger partial charge on any atom is 0.222 e. The summed E-state index contributed by atoms with van der Waals surface area (Å²) in [4.78, 5) is 14.3. The van der Waals surface area contributed by atoms with Crippen LogP contribution in [0.25, 0.3) is 0 Å². The van der Waals surface area contributed by atoms with Crippen molar-refractivity contribution in [2.45, 2.75) is 64.3 Å². The van der Waals surface area contributed by atoms with Crippen LogP contribution >= 0.6 is 12.2 Å². The highest BCUT2D eigenvalue weighted by atomic mass is 32.1. The van der Waals surface area contributed by atoms with Gasteiger partial charge in [0.25, 0.3) is 0 Å². The molecule has 0 heterocycles. The summed E-state index contributed by atoms with van der Waals surface area (Å²) in [5.74, 6) is 0.992. The standard InChI is InChI=1S/C14H26N2OS/c1-11(10-13(15)18)16(2)14(17)9-8-12-6-4-3-5-7-12/h11-12H,3-10H2,1-2H3,(H2,15,18). The molecule has 104 valence electrons. The maximum atomic E-state index is 12.1. The predicted octanol–water partition coefficient (Wildman–Crippen LogP) is 2.87. The first-order valence-corrected chi connectivity index (χ1v) is 7.45. The number of carbonyl (C=O) groups is 1. The summed E-state index contributed by atoms with van der Waals surface area (Å²) < 4.78 is 0. The van der Waals surface area contributed by atoms with Crippen molar-refractivity contribution in [1.29, 1.82) is 0 Å². The van der Waals surface area contributed by atoms with Crippen molar-refractivity contribution in [3.63, 3.8) is 0 Å². The van der Waals surface area contributed by atoms with Gasteiger partial charge in [-0.05, 0) is 19.3 Å². The molecular formula is C14H26N2OS. The van der Waals surface area contributed by atoms with Crippen LogP contribution in [0.5, 0.6) is 0 Å². The highest BCUT2D eigenvalue weighted by Gasteiger charge is 2.19. The van der Waals surface area contributed by atoms with Gasteiger partial charge in [0.2, 0.25) is 5.91 Å². The Hall–Kier alpha value is -0.640. The van der Waals surface area contributed by atoms with E-state index in [0.717, 1.165) is 12.3 Å².